The summed E-state index contributed by atoms with van der Waals surface area (Å²) in [5.41, 5.74) is 6.37. The van der Waals surface area contributed by atoms with Gasteiger partial charge in [-0.05, 0) is 6.92 Å². The van der Waals surface area contributed by atoms with Gasteiger partial charge in [-0.3, -0.25) is 5.10 Å². The molecule has 1 heterocycles. The predicted molar refractivity (Wildman–Crippen MR) is 42.4 cm³/mol. The highest BCUT2D eigenvalue weighted by molar-refractivity contribution is 5.90. The average Bonchev–Trinajstić information content (AvgIpc) is 2.51. The Bertz CT molecular complexity index is 269. The lowest BCUT2D eigenvalue weighted by molar-refractivity contribution is 0.0525. The Labute approximate surface area is 69.9 Å². The number of aromatic nitrogens is 2. The van der Waals surface area contributed by atoms with Crippen LogP contribution in [0.1, 0.15) is 23.0 Å². The summed E-state index contributed by atoms with van der Waals surface area (Å²) in [4.78, 5) is 11.1. The van der Waals surface area contributed by atoms with Crippen LogP contribution in [0.2, 0.25) is 0 Å². The number of carbonyl (C=O) groups is 1. The first-order valence-electron chi connectivity index (χ1n) is 3.69. The highest BCUT2D eigenvalue weighted by atomic mass is 16.5. The molecule has 0 bridgehead atoms. The summed E-state index contributed by atoms with van der Waals surface area (Å²) in [6, 6.07) is 0. The molecule has 5 heteroatoms. The monoisotopic (exact) mass is 169 g/mol. The number of nitrogens with one attached hydrogen (secondary N) is 1. The highest BCUT2D eigenvalue weighted by Crippen LogP contribution is 2.04. The number of H-pyrrole nitrogens is 1. The number of esters is 1. The summed E-state index contributed by atoms with van der Waals surface area (Å²) in [5, 5.41) is 6.31. The molecule has 3 N–H and O–H groups in total. The number of aromatic amines is 1. The van der Waals surface area contributed by atoms with Crippen molar-refractivity contribution in [2.24, 2.45) is 5.73 Å². The molecule has 12 heavy (non-hydrogen) atoms. The summed E-state index contributed by atoms with van der Waals surface area (Å²) in [7, 11) is 0. The SMILES string of the molecule is CCOC(=O)c1cn[nH]c1CN. The standard InChI is InChI=1S/C7H11N3O2/c1-2-12-7(11)5-4-9-10-6(5)3-8/h4H,2-3,8H2,1H3,(H,9,10). The van der Waals surface area contributed by atoms with Crippen LogP contribution in [-0.2, 0) is 11.3 Å². The van der Waals surface area contributed by atoms with E-state index in [1.54, 1.807) is 6.92 Å². The molecule has 1 rings (SSSR count). The normalized spacial score (nSPS) is 9.83. The number of ether oxygens (including phenoxy) is 1. The highest BCUT2D eigenvalue weighted by Gasteiger charge is 2.12. The maximum atomic E-state index is 11.1. The molecule has 0 saturated carbocycles. The summed E-state index contributed by atoms with van der Waals surface area (Å²) in [6.45, 7) is 2.36. The summed E-state index contributed by atoms with van der Waals surface area (Å²) in [5.74, 6) is -0.383. The Morgan fingerprint density at radius 3 is 3.17 bits per heavy atom. The molecule has 1 aromatic rings. The third-order valence-electron chi connectivity index (χ3n) is 1.42. The van der Waals surface area contributed by atoms with Crippen molar-refractivity contribution in [3.05, 3.63) is 17.5 Å². The summed E-state index contributed by atoms with van der Waals surface area (Å²) >= 11 is 0. The number of carbonyl (C=O) groups excluding carboxylic acids is 1. The van der Waals surface area contributed by atoms with Crippen LogP contribution < -0.4 is 5.73 Å². The topological polar surface area (TPSA) is 81.0 Å². The zero-order valence-corrected chi connectivity index (χ0v) is 6.83. The van der Waals surface area contributed by atoms with E-state index in [9.17, 15) is 4.79 Å². The van der Waals surface area contributed by atoms with E-state index < -0.39 is 0 Å². The van der Waals surface area contributed by atoms with Gasteiger partial charge in [-0.15, -0.1) is 0 Å². The van der Waals surface area contributed by atoms with Gasteiger partial charge in [-0.1, -0.05) is 0 Å². The quantitative estimate of drug-likeness (QED) is 0.626. The second-order valence-electron chi connectivity index (χ2n) is 2.19. The summed E-state index contributed by atoms with van der Waals surface area (Å²) in [6.07, 6.45) is 1.42. The van der Waals surface area contributed by atoms with Crippen LogP contribution in [0.5, 0.6) is 0 Å². The molecule has 0 saturated heterocycles. The van der Waals surface area contributed by atoms with Crippen LogP contribution in [0.25, 0.3) is 0 Å². The lowest BCUT2D eigenvalue weighted by Crippen LogP contribution is -2.09. The molecule has 5 nitrogen and oxygen atoms in total. The predicted octanol–water partition coefficient (Wildman–Crippen LogP) is 0.0451. The maximum absolute atomic E-state index is 11.1. The smallest absolute Gasteiger partial charge is 0.341 e. The molecule has 0 aromatic carbocycles. The molecule has 0 radical (unpaired) electrons. The number of hydrogen-bond donors (Lipinski definition) is 2. The molecule has 0 fully saturated rings. The molecule has 0 amide bonds. The zero-order chi connectivity index (χ0) is 8.97. The Hall–Kier alpha value is -1.36. The molecular formula is C7H11N3O2. The average molecular weight is 169 g/mol. The van der Waals surface area contributed by atoms with Crippen molar-refractivity contribution in [3.63, 3.8) is 0 Å². The second-order valence-corrected chi connectivity index (χ2v) is 2.19. The van der Waals surface area contributed by atoms with Gasteiger partial charge < -0.3 is 10.5 Å². The molecule has 0 aliphatic heterocycles. The van der Waals surface area contributed by atoms with Crippen molar-refractivity contribution < 1.29 is 9.53 Å². The van der Waals surface area contributed by atoms with Gasteiger partial charge in [0.15, 0.2) is 0 Å². The van der Waals surface area contributed by atoms with Gasteiger partial charge in [-0.25, -0.2) is 4.79 Å². The van der Waals surface area contributed by atoms with E-state index in [0.29, 0.717) is 17.9 Å². The Morgan fingerprint density at radius 2 is 2.58 bits per heavy atom. The van der Waals surface area contributed by atoms with Crippen molar-refractivity contribution in [2.75, 3.05) is 6.61 Å². The van der Waals surface area contributed by atoms with E-state index in [0.717, 1.165) is 0 Å². The molecule has 0 unspecified atom stereocenters. The third-order valence-corrected chi connectivity index (χ3v) is 1.42. The first-order chi connectivity index (χ1) is 5.79. The summed E-state index contributed by atoms with van der Waals surface area (Å²) < 4.78 is 4.77. The molecule has 0 aliphatic carbocycles. The number of hydrogen-bond acceptors (Lipinski definition) is 4. The first-order valence-corrected chi connectivity index (χ1v) is 3.69. The van der Waals surface area contributed by atoms with Gasteiger partial charge in [0.2, 0.25) is 0 Å². The minimum Gasteiger partial charge on any atom is -0.462 e. The van der Waals surface area contributed by atoms with Crippen molar-refractivity contribution in [1.82, 2.24) is 10.2 Å². The number of nitrogens with two attached hydrogens (primary N) is 1. The van der Waals surface area contributed by atoms with Crippen molar-refractivity contribution in [3.8, 4) is 0 Å². The molecule has 1 aromatic heterocycles. The Morgan fingerprint density at radius 1 is 1.83 bits per heavy atom. The molecule has 66 valence electrons. The first kappa shape index (κ1) is 8.73. The molecule has 0 atom stereocenters. The molecular weight excluding hydrogens is 158 g/mol. The van der Waals surface area contributed by atoms with Crippen LogP contribution in [-0.4, -0.2) is 22.8 Å². The second kappa shape index (κ2) is 3.87. The van der Waals surface area contributed by atoms with E-state index in [4.69, 9.17) is 10.5 Å². The third kappa shape index (κ3) is 1.62. The minimum absolute atomic E-state index is 0.258. The lowest BCUT2D eigenvalue weighted by Gasteiger charge is -1.99. The minimum atomic E-state index is -0.383. The Balaban J connectivity index is 2.79. The zero-order valence-electron chi connectivity index (χ0n) is 6.83. The van der Waals surface area contributed by atoms with Crippen LogP contribution in [0.3, 0.4) is 0 Å². The van der Waals surface area contributed by atoms with Gasteiger partial charge in [0, 0.05) is 6.54 Å². The van der Waals surface area contributed by atoms with E-state index in [-0.39, 0.29) is 12.5 Å². The fraction of sp³-hybridized carbons (Fsp3) is 0.429. The van der Waals surface area contributed by atoms with Crippen LogP contribution >= 0.6 is 0 Å². The van der Waals surface area contributed by atoms with Crippen molar-refractivity contribution in [2.45, 2.75) is 13.5 Å². The van der Waals surface area contributed by atoms with Gasteiger partial charge in [0.1, 0.15) is 5.56 Å². The van der Waals surface area contributed by atoms with Gasteiger partial charge >= 0.3 is 5.97 Å². The number of nitrogens with zero attached hydrogens (tertiary/aromatic N) is 1. The lowest BCUT2D eigenvalue weighted by atomic mass is 10.2. The van der Waals surface area contributed by atoms with Crippen LogP contribution in [0.15, 0.2) is 6.20 Å². The van der Waals surface area contributed by atoms with E-state index in [1.165, 1.54) is 6.20 Å². The van der Waals surface area contributed by atoms with Gasteiger partial charge in [-0.2, -0.15) is 5.10 Å². The van der Waals surface area contributed by atoms with Gasteiger partial charge in [0.25, 0.3) is 0 Å². The fourth-order valence-corrected chi connectivity index (χ4v) is 0.853. The largest absolute Gasteiger partial charge is 0.462 e. The van der Waals surface area contributed by atoms with Crippen LogP contribution in [0, 0.1) is 0 Å². The molecule has 0 spiro atoms. The number of rotatable bonds is 3. The maximum Gasteiger partial charge on any atom is 0.341 e. The molecule has 0 aliphatic rings. The van der Waals surface area contributed by atoms with Crippen molar-refractivity contribution >= 4 is 5.97 Å². The van der Waals surface area contributed by atoms with E-state index in [1.807, 2.05) is 0 Å². The van der Waals surface area contributed by atoms with E-state index >= 15 is 0 Å². The van der Waals surface area contributed by atoms with Gasteiger partial charge in [0.05, 0.1) is 18.5 Å². The van der Waals surface area contributed by atoms with Crippen LogP contribution in [0.4, 0.5) is 0 Å². The Kier molecular flexibility index (Phi) is 2.82. The van der Waals surface area contributed by atoms with E-state index in [2.05, 4.69) is 10.2 Å². The fourth-order valence-electron chi connectivity index (χ4n) is 0.853. The van der Waals surface area contributed by atoms with Crippen molar-refractivity contribution in [1.29, 1.82) is 0 Å².